The molecule has 6 nitrogen and oxygen atoms in total. The Morgan fingerprint density at radius 1 is 0.460 bits per heavy atom. The molecule has 3 atom stereocenters. The van der Waals surface area contributed by atoms with Gasteiger partial charge in [-0.25, -0.2) is 0 Å². The molecule has 1 amide bonds. The minimum Gasteiger partial charge on any atom is -0.462 e. The number of hydrogen-bond donors (Lipinski definition) is 3. The Morgan fingerprint density at radius 2 is 0.810 bits per heavy atom. The molecule has 0 aromatic carbocycles. The number of nitrogens with one attached hydrogen (secondary N) is 1. The Balaban J connectivity index is 4.61. The van der Waals surface area contributed by atoms with E-state index in [-0.39, 0.29) is 24.9 Å². The molecule has 0 spiro atoms. The first kappa shape index (κ1) is 61.1. The van der Waals surface area contributed by atoms with Gasteiger partial charge in [0.05, 0.1) is 25.2 Å². The summed E-state index contributed by atoms with van der Waals surface area (Å²) >= 11 is 0. The molecule has 0 aromatic heterocycles. The SMILES string of the molecule is CCCCCCCC/C=C\C/C=C/CCC(=O)OC(CCCCCCCCC/C=C/CCCCCCCC)CC(=O)NC(CO)C(O)CCCCCCCCCCCCCCCC. The maximum absolute atomic E-state index is 13.2. The molecule has 0 aromatic rings. The summed E-state index contributed by atoms with van der Waals surface area (Å²) in [6, 6.07) is -0.711. The highest BCUT2D eigenvalue weighted by atomic mass is 16.5. The van der Waals surface area contributed by atoms with Gasteiger partial charge in [-0.3, -0.25) is 9.59 Å². The van der Waals surface area contributed by atoms with Gasteiger partial charge in [-0.2, -0.15) is 0 Å². The number of carbonyl (C=O) groups excluding carboxylic acids is 2. The maximum atomic E-state index is 13.2. The third-order valence-electron chi connectivity index (χ3n) is 12.7. The second-order valence-corrected chi connectivity index (χ2v) is 19.0. The van der Waals surface area contributed by atoms with Crippen molar-refractivity contribution in [2.75, 3.05) is 6.61 Å². The molecule has 0 aliphatic carbocycles. The first-order chi connectivity index (χ1) is 31.0. The van der Waals surface area contributed by atoms with Crippen LogP contribution >= 0.6 is 0 Å². The summed E-state index contributed by atoms with van der Waals surface area (Å²) in [5.74, 6) is -0.547. The predicted molar refractivity (Wildman–Crippen MR) is 273 cm³/mol. The van der Waals surface area contributed by atoms with Crippen LogP contribution in [0.25, 0.3) is 0 Å². The lowest BCUT2D eigenvalue weighted by molar-refractivity contribution is -0.150. The van der Waals surface area contributed by atoms with E-state index < -0.39 is 18.2 Å². The lowest BCUT2D eigenvalue weighted by Crippen LogP contribution is -2.46. The molecular weight excluding hydrogens is 779 g/mol. The monoisotopic (exact) mass is 886 g/mol. The van der Waals surface area contributed by atoms with Crippen molar-refractivity contribution in [3.63, 3.8) is 0 Å². The van der Waals surface area contributed by atoms with Crippen LogP contribution in [-0.4, -0.2) is 46.9 Å². The molecule has 3 unspecified atom stereocenters. The van der Waals surface area contributed by atoms with Crippen molar-refractivity contribution in [2.45, 2.75) is 309 Å². The number of ether oxygens (including phenoxy) is 1. The lowest BCUT2D eigenvalue weighted by atomic mass is 10.0. The normalized spacial score (nSPS) is 13.4. The van der Waals surface area contributed by atoms with Crippen molar-refractivity contribution >= 4 is 11.9 Å². The lowest BCUT2D eigenvalue weighted by Gasteiger charge is -2.24. The summed E-state index contributed by atoms with van der Waals surface area (Å²) in [5, 5.41) is 23.8. The fraction of sp³-hybridized carbons (Fsp3) is 0.860. The van der Waals surface area contributed by atoms with E-state index in [4.69, 9.17) is 4.74 Å². The van der Waals surface area contributed by atoms with Gasteiger partial charge in [-0.1, -0.05) is 243 Å². The Kier molecular flexibility index (Phi) is 49.5. The van der Waals surface area contributed by atoms with Gasteiger partial charge >= 0.3 is 5.97 Å². The average Bonchev–Trinajstić information content (AvgIpc) is 3.28. The number of esters is 1. The minimum absolute atomic E-state index is 0.0550. The molecule has 0 aliphatic heterocycles. The van der Waals surface area contributed by atoms with Crippen LogP contribution in [0.2, 0.25) is 0 Å². The number of unbranched alkanes of at least 4 members (excludes halogenated alkanes) is 32. The van der Waals surface area contributed by atoms with E-state index in [1.54, 1.807) is 0 Å². The Morgan fingerprint density at radius 3 is 1.22 bits per heavy atom. The van der Waals surface area contributed by atoms with Crippen molar-refractivity contribution < 1.29 is 24.5 Å². The first-order valence-corrected chi connectivity index (χ1v) is 27.7. The van der Waals surface area contributed by atoms with Crippen LogP contribution in [0.5, 0.6) is 0 Å². The number of rotatable bonds is 50. The second kappa shape index (κ2) is 51.1. The summed E-state index contributed by atoms with van der Waals surface area (Å²) in [6.07, 6.45) is 60.7. The quantitative estimate of drug-likeness (QED) is 0.0321. The van der Waals surface area contributed by atoms with Crippen molar-refractivity contribution in [1.82, 2.24) is 5.32 Å². The van der Waals surface area contributed by atoms with Crippen LogP contribution in [0, 0.1) is 0 Å². The number of amides is 1. The van der Waals surface area contributed by atoms with Gasteiger partial charge in [0.15, 0.2) is 0 Å². The summed E-state index contributed by atoms with van der Waals surface area (Å²) in [7, 11) is 0. The molecule has 0 aliphatic rings. The highest BCUT2D eigenvalue weighted by Crippen LogP contribution is 2.18. The van der Waals surface area contributed by atoms with E-state index in [1.807, 2.05) is 0 Å². The van der Waals surface area contributed by atoms with Crippen molar-refractivity contribution in [1.29, 1.82) is 0 Å². The molecule has 0 heterocycles. The number of carbonyl (C=O) groups is 2. The van der Waals surface area contributed by atoms with Crippen LogP contribution in [0.1, 0.15) is 290 Å². The van der Waals surface area contributed by atoms with E-state index in [2.05, 4.69) is 62.5 Å². The Hall–Kier alpha value is -1.92. The highest BCUT2D eigenvalue weighted by Gasteiger charge is 2.24. The van der Waals surface area contributed by atoms with E-state index in [1.165, 1.54) is 186 Å². The van der Waals surface area contributed by atoms with Crippen molar-refractivity contribution in [2.24, 2.45) is 0 Å². The largest absolute Gasteiger partial charge is 0.462 e. The summed E-state index contributed by atoms with van der Waals surface area (Å²) < 4.78 is 5.91. The van der Waals surface area contributed by atoms with Crippen LogP contribution in [-0.2, 0) is 14.3 Å². The van der Waals surface area contributed by atoms with Crippen molar-refractivity contribution in [3.8, 4) is 0 Å². The number of aliphatic hydroxyl groups is 2. The summed E-state index contributed by atoms with van der Waals surface area (Å²) in [4.78, 5) is 26.2. The predicted octanol–water partition coefficient (Wildman–Crippen LogP) is 16.8. The first-order valence-electron chi connectivity index (χ1n) is 27.7. The molecule has 0 bridgehead atoms. The molecule has 0 saturated heterocycles. The molecule has 6 heteroatoms. The Labute approximate surface area is 392 Å². The van der Waals surface area contributed by atoms with Crippen LogP contribution in [0.3, 0.4) is 0 Å². The minimum atomic E-state index is -0.796. The van der Waals surface area contributed by atoms with Gasteiger partial charge in [0.2, 0.25) is 5.91 Å². The van der Waals surface area contributed by atoms with Crippen LogP contribution in [0.4, 0.5) is 0 Å². The van der Waals surface area contributed by atoms with Gasteiger partial charge in [0, 0.05) is 6.42 Å². The van der Waals surface area contributed by atoms with Crippen LogP contribution < -0.4 is 5.32 Å². The van der Waals surface area contributed by atoms with Gasteiger partial charge in [-0.15, -0.1) is 0 Å². The molecule has 0 radical (unpaired) electrons. The zero-order chi connectivity index (χ0) is 45.9. The molecule has 0 saturated carbocycles. The molecule has 63 heavy (non-hydrogen) atoms. The zero-order valence-corrected chi connectivity index (χ0v) is 42.2. The number of allylic oxidation sites excluding steroid dienone is 6. The molecular formula is C57H107NO5. The summed E-state index contributed by atoms with van der Waals surface area (Å²) in [5.41, 5.74) is 0. The Bertz CT molecular complexity index is 1040. The number of aliphatic hydroxyl groups excluding tert-OH is 2. The molecule has 3 N–H and O–H groups in total. The second-order valence-electron chi connectivity index (χ2n) is 19.0. The van der Waals surface area contributed by atoms with E-state index >= 15 is 0 Å². The molecule has 0 fully saturated rings. The standard InChI is InChI=1S/C57H107NO5/c1-4-7-10-13-16-19-22-25-27-28-29-31-33-36-39-42-45-48-53(63-57(62)50-47-44-41-38-35-30-24-21-18-15-12-9-6-3)51-56(61)58-54(52-59)55(60)49-46-43-40-37-34-32-26-23-20-17-14-11-8-5-2/h25,27,30,35,41,44,53-55,59-60H,4-24,26,28-29,31-34,36-40,42-43,45-52H2,1-3H3,(H,58,61)/b27-25+,35-30-,44-41+. The molecule has 370 valence electrons. The van der Waals surface area contributed by atoms with Gasteiger partial charge in [-0.05, 0) is 70.6 Å². The maximum Gasteiger partial charge on any atom is 0.306 e. The smallest absolute Gasteiger partial charge is 0.306 e. The fourth-order valence-electron chi connectivity index (χ4n) is 8.48. The van der Waals surface area contributed by atoms with E-state index in [0.717, 1.165) is 51.4 Å². The van der Waals surface area contributed by atoms with Gasteiger partial charge in [0.1, 0.15) is 6.10 Å². The van der Waals surface area contributed by atoms with Gasteiger partial charge < -0.3 is 20.3 Å². The topological polar surface area (TPSA) is 95.9 Å². The van der Waals surface area contributed by atoms with Crippen molar-refractivity contribution in [3.05, 3.63) is 36.5 Å². The fourth-order valence-corrected chi connectivity index (χ4v) is 8.48. The highest BCUT2D eigenvalue weighted by molar-refractivity contribution is 5.77. The molecule has 0 rings (SSSR count). The third kappa shape index (κ3) is 46.4. The number of hydrogen-bond acceptors (Lipinski definition) is 5. The average molecular weight is 886 g/mol. The third-order valence-corrected chi connectivity index (χ3v) is 12.7. The van der Waals surface area contributed by atoms with E-state index in [9.17, 15) is 19.8 Å². The van der Waals surface area contributed by atoms with Crippen LogP contribution in [0.15, 0.2) is 36.5 Å². The zero-order valence-electron chi connectivity index (χ0n) is 42.2. The summed E-state index contributed by atoms with van der Waals surface area (Å²) in [6.45, 7) is 6.48. The van der Waals surface area contributed by atoms with E-state index in [0.29, 0.717) is 25.7 Å². The van der Waals surface area contributed by atoms with Gasteiger partial charge in [0.25, 0.3) is 0 Å².